The van der Waals surface area contributed by atoms with Gasteiger partial charge in [-0.05, 0) is 25.0 Å². The molecule has 3 rings (SSSR count). The van der Waals surface area contributed by atoms with E-state index in [0.717, 1.165) is 0 Å². The summed E-state index contributed by atoms with van der Waals surface area (Å²) in [7, 11) is 1.50. The monoisotopic (exact) mass is 370 g/mol. The van der Waals surface area contributed by atoms with Crippen molar-refractivity contribution in [2.75, 3.05) is 25.5 Å². The van der Waals surface area contributed by atoms with Crippen molar-refractivity contribution in [3.8, 4) is 5.75 Å². The number of nitrogens with zero attached hydrogens (tertiary/aromatic N) is 3. The predicted octanol–water partition coefficient (Wildman–Crippen LogP) is 3.51. The van der Waals surface area contributed by atoms with Gasteiger partial charge in [0.25, 0.3) is 0 Å². The van der Waals surface area contributed by atoms with E-state index >= 15 is 0 Å². The standard InChI is InChI=1S/C16H17F3N4O3/c1-25-12-7-3-2-6-11(12)20-15(24)23-8-4-5-10(9-23)13-21-22-14(26-13)16(17,18)19/h2-3,6-7,10H,4-5,8-9H2,1H3,(H,20,24). The van der Waals surface area contributed by atoms with E-state index in [4.69, 9.17) is 9.15 Å². The number of amides is 2. The second-order valence-electron chi connectivity index (χ2n) is 5.86. The Bertz CT molecular complexity index is 778. The second kappa shape index (κ2) is 7.22. The summed E-state index contributed by atoms with van der Waals surface area (Å²) in [5.74, 6) is -1.40. The van der Waals surface area contributed by atoms with Crippen LogP contribution in [0.15, 0.2) is 28.7 Å². The Kier molecular flexibility index (Phi) is 5.01. The summed E-state index contributed by atoms with van der Waals surface area (Å²) < 4.78 is 47.7. The van der Waals surface area contributed by atoms with Gasteiger partial charge in [0, 0.05) is 13.1 Å². The zero-order chi connectivity index (χ0) is 18.7. The molecule has 10 heteroatoms. The zero-order valence-corrected chi connectivity index (χ0v) is 13.9. The Balaban J connectivity index is 1.68. The number of methoxy groups -OCH3 is 1. The van der Waals surface area contributed by atoms with Gasteiger partial charge < -0.3 is 19.4 Å². The molecule has 7 nitrogen and oxygen atoms in total. The van der Waals surface area contributed by atoms with Gasteiger partial charge >= 0.3 is 18.1 Å². The normalized spacial score (nSPS) is 17.8. The molecule has 1 N–H and O–H groups in total. The highest BCUT2D eigenvalue weighted by Crippen LogP contribution is 2.32. The first-order chi connectivity index (χ1) is 12.4. The van der Waals surface area contributed by atoms with Crippen molar-refractivity contribution in [3.63, 3.8) is 0 Å². The SMILES string of the molecule is COc1ccccc1NC(=O)N1CCCC(c2nnc(C(F)(F)F)o2)C1. The average molecular weight is 370 g/mol. The molecule has 0 bridgehead atoms. The van der Waals surface area contributed by atoms with Crippen LogP contribution in [0.5, 0.6) is 5.75 Å². The number of aromatic nitrogens is 2. The predicted molar refractivity (Wildman–Crippen MR) is 84.9 cm³/mol. The minimum Gasteiger partial charge on any atom is -0.495 e. The molecule has 1 aliphatic rings. The van der Waals surface area contributed by atoms with Crippen molar-refractivity contribution >= 4 is 11.7 Å². The van der Waals surface area contributed by atoms with Crippen LogP contribution in [0.25, 0.3) is 0 Å². The molecule has 1 atom stereocenters. The van der Waals surface area contributed by atoms with Crippen molar-refractivity contribution in [3.05, 3.63) is 36.0 Å². The number of ether oxygens (including phenoxy) is 1. The summed E-state index contributed by atoms with van der Waals surface area (Å²) in [6, 6.07) is 6.58. The maximum absolute atomic E-state index is 12.6. The minimum atomic E-state index is -4.68. The fourth-order valence-corrected chi connectivity index (χ4v) is 2.82. The molecule has 1 saturated heterocycles. The minimum absolute atomic E-state index is 0.105. The Morgan fingerprint density at radius 2 is 2.12 bits per heavy atom. The fraction of sp³-hybridized carbons (Fsp3) is 0.438. The largest absolute Gasteiger partial charge is 0.495 e. The maximum atomic E-state index is 12.6. The molecule has 0 radical (unpaired) electrons. The van der Waals surface area contributed by atoms with Crippen molar-refractivity contribution in [1.82, 2.24) is 15.1 Å². The highest BCUT2D eigenvalue weighted by molar-refractivity contribution is 5.91. The first kappa shape index (κ1) is 18.0. The fourth-order valence-electron chi connectivity index (χ4n) is 2.82. The Hall–Kier alpha value is -2.78. The van der Waals surface area contributed by atoms with E-state index in [1.165, 1.54) is 12.0 Å². The van der Waals surface area contributed by atoms with E-state index in [2.05, 4.69) is 15.5 Å². The quantitative estimate of drug-likeness (QED) is 0.894. The number of alkyl halides is 3. The van der Waals surface area contributed by atoms with Gasteiger partial charge in [0.05, 0.1) is 18.7 Å². The number of likely N-dealkylation sites (tertiary alicyclic amines) is 1. The number of para-hydroxylation sites is 2. The topological polar surface area (TPSA) is 80.5 Å². The molecule has 1 aromatic heterocycles. The molecule has 1 aromatic carbocycles. The van der Waals surface area contributed by atoms with Crippen LogP contribution >= 0.6 is 0 Å². The average Bonchev–Trinajstić information content (AvgIpc) is 3.13. The molecule has 2 heterocycles. The molecular weight excluding hydrogens is 353 g/mol. The number of benzene rings is 1. The summed E-state index contributed by atoms with van der Waals surface area (Å²) >= 11 is 0. The second-order valence-corrected chi connectivity index (χ2v) is 5.86. The van der Waals surface area contributed by atoms with E-state index in [-0.39, 0.29) is 18.5 Å². The van der Waals surface area contributed by atoms with E-state index in [1.54, 1.807) is 24.3 Å². The van der Waals surface area contributed by atoms with E-state index in [9.17, 15) is 18.0 Å². The summed E-state index contributed by atoms with van der Waals surface area (Å²) in [5.41, 5.74) is 0.513. The molecule has 2 amide bonds. The maximum Gasteiger partial charge on any atom is 0.470 e. The number of hydrogen-bond donors (Lipinski definition) is 1. The summed E-state index contributed by atoms with van der Waals surface area (Å²) in [5, 5.41) is 9.29. The number of hydrogen-bond acceptors (Lipinski definition) is 5. The Morgan fingerprint density at radius 3 is 2.81 bits per heavy atom. The van der Waals surface area contributed by atoms with Gasteiger partial charge in [0.1, 0.15) is 5.75 Å². The molecule has 1 aliphatic heterocycles. The van der Waals surface area contributed by atoms with Crippen LogP contribution < -0.4 is 10.1 Å². The van der Waals surface area contributed by atoms with Crippen LogP contribution in [-0.4, -0.2) is 41.3 Å². The summed E-state index contributed by atoms with van der Waals surface area (Å²) in [4.78, 5) is 14.0. The Morgan fingerprint density at radius 1 is 1.35 bits per heavy atom. The van der Waals surface area contributed by atoms with Crippen LogP contribution in [0.3, 0.4) is 0 Å². The smallest absolute Gasteiger partial charge is 0.470 e. The lowest BCUT2D eigenvalue weighted by Crippen LogP contribution is -2.41. The number of carbonyl (C=O) groups is 1. The molecule has 0 saturated carbocycles. The zero-order valence-electron chi connectivity index (χ0n) is 13.9. The van der Waals surface area contributed by atoms with Gasteiger partial charge in [0.2, 0.25) is 5.89 Å². The van der Waals surface area contributed by atoms with Crippen molar-refractivity contribution in [2.24, 2.45) is 0 Å². The van der Waals surface area contributed by atoms with Gasteiger partial charge in [-0.1, -0.05) is 12.1 Å². The number of piperidine rings is 1. The van der Waals surface area contributed by atoms with Gasteiger partial charge in [-0.3, -0.25) is 0 Å². The lowest BCUT2D eigenvalue weighted by atomic mass is 9.98. The summed E-state index contributed by atoms with van der Waals surface area (Å²) in [6.07, 6.45) is -3.49. The highest BCUT2D eigenvalue weighted by atomic mass is 19.4. The first-order valence-electron chi connectivity index (χ1n) is 7.98. The van der Waals surface area contributed by atoms with Crippen molar-refractivity contribution in [1.29, 1.82) is 0 Å². The molecular formula is C16H17F3N4O3. The van der Waals surface area contributed by atoms with E-state index in [0.29, 0.717) is 30.8 Å². The molecule has 2 aromatic rings. The van der Waals surface area contributed by atoms with Gasteiger partial charge in [0.15, 0.2) is 0 Å². The number of urea groups is 1. The van der Waals surface area contributed by atoms with E-state index in [1.807, 2.05) is 0 Å². The molecule has 0 spiro atoms. The van der Waals surface area contributed by atoms with Crippen LogP contribution in [0.4, 0.5) is 23.7 Å². The number of carbonyl (C=O) groups excluding carboxylic acids is 1. The van der Waals surface area contributed by atoms with Gasteiger partial charge in [-0.2, -0.15) is 13.2 Å². The molecule has 1 fully saturated rings. The van der Waals surface area contributed by atoms with Crippen molar-refractivity contribution in [2.45, 2.75) is 24.9 Å². The lowest BCUT2D eigenvalue weighted by Gasteiger charge is -2.31. The summed E-state index contributed by atoms with van der Waals surface area (Å²) in [6.45, 7) is 0.679. The number of rotatable bonds is 3. The van der Waals surface area contributed by atoms with Gasteiger partial charge in [-0.25, -0.2) is 4.79 Å². The molecule has 26 heavy (non-hydrogen) atoms. The number of nitrogens with one attached hydrogen (secondary N) is 1. The van der Waals surface area contributed by atoms with Crippen LogP contribution in [0.1, 0.15) is 30.5 Å². The third kappa shape index (κ3) is 3.89. The molecule has 140 valence electrons. The first-order valence-corrected chi connectivity index (χ1v) is 7.98. The number of halogens is 3. The third-order valence-electron chi connectivity index (χ3n) is 4.09. The number of anilines is 1. The van der Waals surface area contributed by atoms with Crippen LogP contribution in [0, 0.1) is 0 Å². The van der Waals surface area contributed by atoms with Crippen LogP contribution in [0.2, 0.25) is 0 Å². The Labute approximate surface area is 147 Å². The van der Waals surface area contributed by atoms with E-state index < -0.39 is 18.0 Å². The van der Waals surface area contributed by atoms with Crippen LogP contribution in [-0.2, 0) is 6.18 Å². The lowest BCUT2D eigenvalue weighted by molar-refractivity contribution is -0.157. The van der Waals surface area contributed by atoms with Crippen molar-refractivity contribution < 1.29 is 27.1 Å². The molecule has 0 aliphatic carbocycles. The third-order valence-corrected chi connectivity index (χ3v) is 4.09. The molecule has 1 unspecified atom stereocenters. The van der Waals surface area contributed by atoms with Gasteiger partial charge in [-0.15, -0.1) is 10.2 Å². The highest BCUT2D eigenvalue weighted by Gasteiger charge is 2.39.